The van der Waals surface area contributed by atoms with E-state index >= 15 is 0 Å². The maximum atomic E-state index is 12.1. The zero-order valence-electron chi connectivity index (χ0n) is 10.5. The van der Waals surface area contributed by atoms with Crippen LogP contribution in [0, 0.1) is 5.92 Å². The number of carbonyl (C=O) groups is 2. The van der Waals surface area contributed by atoms with Crippen molar-refractivity contribution in [1.29, 1.82) is 0 Å². The molecule has 1 fully saturated rings. The predicted molar refractivity (Wildman–Crippen MR) is 68.3 cm³/mol. The molecule has 1 N–H and O–H groups in total. The van der Waals surface area contributed by atoms with Crippen molar-refractivity contribution in [2.24, 2.45) is 5.92 Å². The summed E-state index contributed by atoms with van der Waals surface area (Å²) in [5, 5.41) is 8.89. The second kappa shape index (κ2) is 6.14. The topological polar surface area (TPSA) is 60.9 Å². The first-order chi connectivity index (χ1) is 7.97. The van der Waals surface area contributed by atoms with E-state index < -0.39 is 11.9 Å². The van der Waals surface area contributed by atoms with Crippen molar-refractivity contribution in [3.8, 4) is 0 Å². The number of hydrogen-bond acceptors (Lipinski definition) is 3. The van der Waals surface area contributed by atoms with Crippen LogP contribution in [0.5, 0.6) is 0 Å². The zero-order valence-corrected chi connectivity index (χ0v) is 11.4. The van der Waals surface area contributed by atoms with Gasteiger partial charge in [-0.2, -0.15) is 11.8 Å². The highest BCUT2D eigenvalue weighted by Crippen LogP contribution is 2.18. The summed E-state index contributed by atoms with van der Waals surface area (Å²) in [6.45, 7) is 2.88. The summed E-state index contributed by atoms with van der Waals surface area (Å²) >= 11 is 1.70. The molecule has 2 unspecified atom stereocenters. The van der Waals surface area contributed by atoms with Gasteiger partial charge in [0, 0.05) is 31.9 Å². The van der Waals surface area contributed by atoms with E-state index in [2.05, 4.69) is 0 Å². The SMILES string of the molecule is CSCC(C)N(C)C(=O)N1CCC(C(=O)O)C1. The summed E-state index contributed by atoms with van der Waals surface area (Å²) in [7, 11) is 1.78. The lowest BCUT2D eigenvalue weighted by atomic mass is 10.1. The van der Waals surface area contributed by atoms with Crippen molar-refractivity contribution in [1.82, 2.24) is 9.80 Å². The van der Waals surface area contributed by atoms with Gasteiger partial charge in [0.05, 0.1) is 5.92 Å². The summed E-state index contributed by atoms with van der Waals surface area (Å²) in [5.41, 5.74) is 0. The van der Waals surface area contributed by atoms with Gasteiger partial charge in [-0.1, -0.05) is 0 Å². The number of thioether (sulfide) groups is 1. The third kappa shape index (κ3) is 3.52. The number of carboxylic acid groups (broad SMARTS) is 1. The van der Waals surface area contributed by atoms with Gasteiger partial charge in [-0.15, -0.1) is 0 Å². The van der Waals surface area contributed by atoms with Crippen LogP contribution in [-0.2, 0) is 4.79 Å². The standard InChI is InChI=1S/C11H20N2O3S/c1-8(7-17-3)12(2)11(16)13-5-4-9(6-13)10(14)15/h8-9H,4-7H2,1-3H3,(H,14,15). The first kappa shape index (κ1) is 14.2. The van der Waals surface area contributed by atoms with Crippen molar-refractivity contribution in [2.45, 2.75) is 19.4 Å². The van der Waals surface area contributed by atoms with Crippen molar-refractivity contribution in [2.75, 3.05) is 32.1 Å². The molecule has 0 spiro atoms. The smallest absolute Gasteiger partial charge is 0.320 e. The molecule has 2 atom stereocenters. The van der Waals surface area contributed by atoms with Crippen LogP contribution in [-0.4, -0.2) is 65.1 Å². The number of rotatable bonds is 4. The van der Waals surface area contributed by atoms with E-state index in [-0.39, 0.29) is 12.1 Å². The third-order valence-corrected chi connectivity index (χ3v) is 3.99. The summed E-state index contributed by atoms with van der Waals surface area (Å²) in [6.07, 6.45) is 2.57. The molecule has 0 aliphatic carbocycles. The minimum atomic E-state index is -0.805. The summed E-state index contributed by atoms with van der Waals surface area (Å²) in [4.78, 5) is 26.2. The molecule has 2 amide bonds. The Bertz CT molecular complexity index is 298. The van der Waals surface area contributed by atoms with E-state index in [9.17, 15) is 9.59 Å². The van der Waals surface area contributed by atoms with Gasteiger partial charge in [0.25, 0.3) is 0 Å². The lowest BCUT2D eigenvalue weighted by Crippen LogP contribution is -2.45. The highest BCUT2D eigenvalue weighted by atomic mass is 32.2. The fourth-order valence-electron chi connectivity index (χ4n) is 1.90. The fourth-order valence-corrected chi connectivity index (χ4v) is 2.61. The van der Waals surface area contributed by atoms with Crippen molar-refractivity contribution in [3.63, 3.8) is 0 Å². The van der Waals surface area contributed by atoms with Crippen LogP contribution in [0.2, 0.25) is 0 Å². The van der Waals surface area contributed by atoms with Crippen LogP contribution in [0.25, 0.3) is 0 Å². The molecule has 0 saturated carbocycles. The fraction of sp³-hybridized carbons (Fsp3) is 0.818. The lowest BCUT2D eigenvalue weighted by molar-refractivity contribution is -0.141. The van der Waals surface area contributed by atoms with Crippen molar-refractivity contribution >= 4 is 23.8 Å². The molecule has 1 rings (SSSR count). The van der Waals surface area contributed by atoms with Gasteiger partial charge in [-0.3, -0.25) is 4.79 Å². The molecule has 1 aliphatic heterocycles. The Morgan fingerprint density at radius 3 is 2.71 bits per heavy atom. The van der Waals surface area contributed by atoms with Gasteiger partial charge >= 0.3 is 12.0 Å². The maximum absolute atomic E-state index is 12.1. The first-order valence-electron chi connectivity index (χ1n) is 5.70. The third-order valence-electron chi connectivity index (χ3n) is 3.18. The highest BCUT2D eigenvalue weighted by Gasteiger charge is 2.32. The second-order valence-corrected chi connectivity index (χ2v) is 5.38. The number of likely N-dealkylation sites (tertiary alicyclic amines) is 1. The molecule has 0 aromatic carbocycles. The van der Waals surface area contributed by atoms with Crippen LogP contribution in [0.15, 0.2) is 0 Å². The maximum Gasteiger partial charge on any atom is 0.320 e. The van der Waals surface area contributed by atoms with E-state index in [1.54, 1.807) is 28.6 Å². The molecule has 98 valence electrons. The number of hydrogen-bond donors (Lipinski definition) is 1. The van der Waals surface area contributed by atoms with Crippen LogP contribution in [0.1, 0.15) is 13.3 Å². The van der Waals surface area contributed by atoms with Gasteiger partial charge in [0.1, 0.15) is 0 Å². The number of carboxylic acids is 1. The van der Waals surface area contributed by atoms with Gasteiger partial charge in [0.15, 0.2) is 0 Å². The average molecular weight is 260 g/mol. The number of urea groups is 1. The van der Waals surface area contributed by atoms with E-state index in [1.807, 2.05) is 13.2 Å². The molecule has 0 radical (unpaired) electrons. The van der Waals surface area contributed by atoms with Crippen LogP contribution in [0.4, 0.5) is 4.79 Å². The van der Waals surface area contributed by atoms with Crippen molar-refractivity contribution in [3.05, 3.63) is 0 Å². The van der Waals surface area contributed by atoms with Gasteiger partial charge in [-0.05, 0) is 19.6 Å². The normalized spacial score (nSPS) is 21.4. The minimum Gasteiger partial charge on any atom is -0.481 e. The Kier molecular flexibility index (Phi) is 5.11. The Labute approximate surface area is 106 Å². The van der Waals surface area contributed by atoms with E-state index in [0.717, 1.165) is 5.75 Å². The molecule has 1 heterocycles. The number of nitrogens with zero attached hydrogens (tertiary/aromatic N) is 2. The zero-order chi connectivity index (χ0) is 13.0. The molecular formula is C11H20N2O3S. The number of aliphatic carboxylic acids is 1. The van der Waals surface area contributed by atoms with Gasteiger partial charge in [0.2, 0.25) is 0 Å². The van der Waals surface area contributed by atoms with E-state index in [0.29, 0.717) is 19.5 Å². The molecule has 0 aromatic heterocycles. The molecule has 17 heavy (non-hydrogen) atoms. The Hall–Kier alpha value is -0.910. The average Bonchev–Trinajstić information content (AvgIpc) is 2.76. The van der Waals surface area contributed by atoms with Crippen molar-refractivity contribution < 1.29 is 14.7 Å². The molecule has 6 heteroatoms. The predicted octanol–water partition coefficient (Wildman–Crippen LogP) is 1.20. The van der Waals surface area contributed by atoms with Gasteiger partial charge in [-0.25, -0.2) is 4.79 Å². The van der Waals surface area contributed by atoms with E-state index in [1.165, 1.54) is 0 Å². The molecule has 5 nitrogen and oxygen atoms in total. The molecule has 1 aliphatic rings. The van der Waals surface area contributed by atoms with Crippen LogP contribution < -0.4 is 0 Å². The minimum absolute atomic E-state index is 0.0599. The molecule has 1 saturated heterocycles. The largest absolute Gasteiger partial charge is 0.481 e. The first-order valence-corrected chi connectivity index (χ1v) is 7.10. The molecule has 0 aromatic rings. The number of carbonyl (C=O) groups excluding carboxylic acids is 1. The van der Waals surface area contributed by atoms with Gasteiger partial charge < -0.3 is 14.9 Å². The molecular weight excluding hydrogens is 240 g/mol. The summed E-state index contributed by atoms with van der Waals surface area (Å²) in [5.74, 6) is -0.318. The monoisotopic (exact) mass is 260 g/mol. The second-order valence-electron chi connectivity index (χ2n) is 4.47. The Morgan fingerprint density at radius 2 is 2.24 bits per heavy atom. The quantitative estimate of drug-likeness (QED) is 0.825. The highest BCUT2D eigenvalue weighted by molar-refractivity contribution is 7.98. The molecule has 0 bridgehead atoms. The Morgan fingerprint density at radius 1 is 1.59 bits per heavy atom. The summed E-state index contributed by atoms with van der Waals surface area (Å²) < 4.78 is 0. The van der Waals surface area contributed by atoms with Crippen LogP contribution >= 0.6 is 11.8 Å². The Balaban J connectivity index is 2.51. The lowest BCUT2D eigenvalue weighted by Gasteiger charge is -2.29. The number of amides is 2. The van der Waals surface area contributed by atoms with Crippen LogP contribution in [0.3, 0.4) is 0 Å². The summed E-state index contributed by atoms with van der Waals surface area (Å²) in [6, 6.07) is 0.108. The van der Waals surface area contributed by atoms with E-state index in [4.69, 9.17) is 5.11 Å².